The third-order valence-corrected chi connectivity index (χ3v) is 2.35. The molecule has 0 amide bonds. The second-order valence-corrected chi connectivity index (χ2v) is 3.93. The summed E-state index contributed by atoms with van der Waals surface area (Å²) in [4.78, 5) is 0. The molecule has 2 N–H and O–H groups in total. The molecular formula is C9H14O4. The number of fused-ring (bicyclic) bond motifs is 1. The normalized spacial score (nSPS) is 47.7. The third-order valence-electron chi connectivity index (χ3n) is 2.35. The Hall–Kier alpha value is -0.420. The van der Waals surface area contributed by atoms with Gasteiger partial charge in [-0.15, -0.1) is 0 Å². The Labute approximate surface area is 76.8 Å². The molecule has 4 nitrogen and oxygen atoms in total. The van der Waals surface area contributed by atoms with Crippen molar-refractivity contribution in [2.45, 2.75) is 44.1 Å². The van der Waals surface area contributed by atoms with Gasteiger partial charge in [-0.3, -0.25) is 0 Å². The molecule has 0 unspecified atom stereocenters. The second-order valence-electron chi connectivity index (χ2n) is 3.93. The van der Waals surface area contributed by atoms with Crippen molar-refractivity contribution in [1.29, 1.82) is 0 Å². The Morgan fingerprint density at radius 2 is 1.85 bits per heavy atom. The van der Waals surface area contributed by atoms with Gasteiger partial charge in [-0.25, -0.2) is 0 Å². The Balaban J connectivity index is 2.19. The van der Waals surface area contributed by atoms with Crippen molar-refractivity contribution in [1.82, 2.24) is 0 Å². The van der Waals surface area contributed by atoms with Crippen LogP contribution in [0, 0.1) is 0 Å². The van der Waals surface area contributed by atoms with Crippen molar-refractivity contribution in [3.63, 3.8) is 0 Å². The highest BCUT2D eigenvalue weighted by molar-refractivity contribution is 5.11. The van der Waals surface area contributed by atoms with Crippen LogP contribution in [0.4, 0.5) is 0 Å². The standard InChI is InChI=1S/C9H14O4/c1-9(2)12-6-4-3-5(10)7(11)8(6)13-9/h3-8,10-11H,1-2H3/t5-,6+,7+,8+/m0/s1. The first kappa shape index (κ1) is 9.15. The summed E-state index contributed by atoms with van der Waals surface area (Å²) in [7, 11) is 0. The zero-order valence-electron chi connectivity index (χ0n) is 7.68. The lowest BCUT2D eigenvalue weighted by atomic mass is 9.97. The van der Waals surface area contributed by atoms with Crippen molar-refractivity contribution >= 4 is 0 Å². The lowest BCUT2D eigenvalue weighted by Gasteiger charge is -2.27. The van der Waals surface area contributed by atoms with Crippen LogP contribution in [0.5, 0.6) is 0 Å². The number of aliphatic hydroxyl groups is 2. The molecule has 4 atom stereocenters. The van der Waals surface area contributed by atoms with Gasteiger partial charge in [-0.05, 0) is 13.8 Å². The zero-order valence-corrected chi connectivity index (χ0v) is 7.68. The number of ether oxygens (including phenoxy) is 2. The predicted molar refractivity (Wildman–Crippen MR) is 45.0 cm³/mol. The van der Waals surface area contributed by atoms with Crippen LogP contribution in [0.25, 0.3) is 0 Å². The smallest absolute Gasteiger partial charge is 0.164 e. The number of hydrogen-bond acceptors (Lipinski definition) is 4. The topological polar surface area (TPSA) is 58.9 Å². The fraction of sp³-hybridized carbons (Fsp3) is 0.778. The van der Waals surface area contributed by atoms with Crippen LogP contribution in [0.1, 0.15) is 13.8 Å². The molecule has 74 valence electrons. The first-order valence-corrected chi connectivity index (χ1v) is 4.40. The van der Waals surface area contributed by atoms with E-state index in [1.54, 1.807) is 19.9 Å². The Morgan fingerprint density at radius 1 is 1.15 bits per heavy atom. The highest BCUT2D eigenvalue weighted by Gasteiger charge is 2.47. The molecule has 0 spiro atoms. The van der Waals surface area contributed by atoms with Crippen LogP contribution >= 0.6 is 0 Å². The van der Waals surface area contributed by atoms with Gasteiger partial charge in [0.1, 0.15) is 24.4 Å². The minimum Gasteiger partial charge on any atom is -0.387 e. The molecule has 0 aromatic heterocycles. The zero-order chi connectivity index (χ0) is 9.64. The van der Waals surface area contributed by atoms with E-state index in [2.05, 4.69) is 0 Å². The average molecular weight is 186 g/mol. The predicted octanol–water partition coefficient (Wildman–Crippen LogP) is -0.202. The summed E-state index contributed by atoms with van der Waals surface area (Å²) < 4.78 is 10.9. The maximum Gasteiger partial charge on any atom is 0.164 e. The minimum atomic E-state index is -0.892. The number of hydrogen-bond donors (Lipinski definition) is 2. The molecule has 1 heterocycles. The van der Waals surface area contributed by atoms with Crippen molar-refractivity contribution in [2.24, 2.45) is 0 Å². The highest BCUT2D eigenvalue weighted by Crippen LogP contribution is 2.33. The van der Waals surface area contributed by atoms with Gasteiger partial charge in [0.25, 0.3) is 0 Å². The fourth-order valence-corrected chi connectivity index (χ4v) is 1.76. The van der Waals surface area contributed by atoms with Gasteiger partial charge in [0.15, 0.2) is 5.79 Å². The summed E-state index contributed by atoms with van der Waals surface area (Å²) in [5.74, 6) is -0.676. The molecule has 0 aromatic carbocycles. The van der Waals surface area contributed by atoms with E-state index in [4.69, 9.17) is 9.47 Å². The molecule has 0 saturated carbocycles. The van der Waals surface area contributed by atoms with Crippen LogP contribution in [0.3, 0.4) is 0 Å². The Morgan fingerprint density at radius 3 is 2.54 bits per heavy atom. The highest BCUT2D eigenvalue weighted by atomic mass is 16.8. The van der Waals surface area contributed by atoms with Gasteiger partial charge in [-0.1, -0.05) is 12.2 Å². The SMILES string of the molecule is CC1(C)O[C@H]2[C@H](O)[C@@H](O)C=C[C@H]2O1. The van der Waals surface area contributed by atoms with E-state index in [0.717, 1.165) is 0 Å². The van der Waals surface area contributed by atoms with Crippen molar-refractivity contribution in [2.75, 3.05) is 0 Å². The average Bonchev–Trinajstić information content (AvgIpc) is 2.34. The largest absolute Gasteiger partial charge is 0.387 e. The van der Waals surface area contributed by atoms with Crippen LogP contribution in [0.2, 0.25) is 0 Å². The summed E-state index contributed by atoms with van der Waals surface area (Å²) in [5, 5.41) is 18.9. The number of rotatable bonds is 0. The lowest BCUT2D eigenvalue weighted by molar-refractivity contribution is -0.158. The van der Waals surface area contributed by atoms with Crippen molar-refractivity contribution in [3.8, 4) is 0 Å². The van der Waals surface area contributed by atoms with E-state index in [1.165, 1.54) is 6.08 Å². The lowest BCUT2D eigenvalue weighted by Crippen LogP contribution is -2.44. The molecule has 1 aliphatic heterocycles. The summed E-state index contributed by atoms with van der Waals surface area (Å²) in [6.45, 7) is 3.58. The molecule has 0 radical (unpaired) electrons. The summed E-state index contributed by atoms with van der Waals surface area (Å²) in [6.07, 6.45) is 0.840. The fourth-order valence-electron chi connectivity index (χ4n) is 1.76. The molecule has 1 saturated heterocycles. The Kier molecular flexibility index (Phi) is 1.96. The molecule has 2 aliphatic rings. The van der Waals surface area contributed by atoms with E-state index < -0.39 is 24.1 Å². The van der Waals surface area contributed by atoms with E-state index in [9.17, 15) is 10.2 Å². The van der Waals surface area contributed by atoms with Gasteiger partial charge < -0.3 is 19.7 Å². The molecule has 4 heteroatoms. The quantitative estimate of drug-likeness (QED) is 0.514. The van der Waals surface area contributed by atoms with E-state index in [0.29, 0.717) is 0 Å². The second kappa shape index (κ2) is 2.78. The van der Waals surface area contributed by atoms with Crippen molar-refractivity contribution in [3.05, 3.63) is 12.2 Å². The van der Waals surface area contributed by atoms with Gasteiger partial charge in [0.2, 0.25) is 0 Å². The van der Waals surface area contributed by atoms with Gasteiger partial charge in [-0.2, -0.15) is 0 Å². The third kappa shape index (κ3) is 1.50. The summed E-state index contributed by atoms with van der Waals surface area (Å²) >= 11 is 0. The molecule has 0 bridgehead atoms. The summed E-state index contributed by atoms with van der Waals surface area (Å²) in [5.41, 5.74) is 0. The maximum atomic E-state index is 9.57. The van der Waals surface area contributed by atoms with Crippen LogP contribution < -0.4 is 0 Å². The van der Waals surface area contributed by atoms with Gasteiger partial charge >= 0.3 is 0 Å². The summed E-state index contributed by atoms with van der Waals surface area (Å²) in [6, 6.07) is 0. The van der Waals surface area contributed by atoms with E-state index >= 15 is 0 Å². The molecule has 1 aliphatic carbocycles. The van der Waals surface area contributed by atoms with Crippen LogP contribution in [-0.2, 0) is 9.47 Å². The maximum absolute atomic E-state index is 9.57. The minimum absolute atomic E-state index is 0.242. The van der Waals surface area contributed by atoms with E-state index in [1.807, 2.05) is 0 Å². The van der Waals surface area contributed by atoms with Crippen LogP contribution in [0.15, 0.2) is 12.2 Å². The first-order valence-electron chi connectivity index (χ1n) is 4.40. The molecular weight excluding hydrogens is 172 g/mol. The van der Waals surface area contributed by atoms with E-state index in [-0.39, 0.29) is 6.10 Å². The molecule has 13 heavy (non-hydrogen) atoms. The number of aliphatic hydroxyl groups excluding tert-OH is 2. The van der Waals surface area contributed by atoms with Gasteiger partial charge in [0, 0.05) is 0 Å². The Bertz CT molecular complexity index is 236. The van der Waals surface area contributed by atoms with Crippen molar-refractivity contribution < 1.29 is 19.7 Å². The molecule has 2 rings (SSSR count). The monoisotopic (exact) mass is 186 g/mol. The van der Waals surface area contributed by atoms with Gasteiger partial charge in [0.05, 0.1) is 0 Å². The first-order chi connectivity index (χ1) is 5.99. The molecule has 0 aromatic rings. The molecule has 1 fully saturated rings. The van der Waals surface area contributed by atoms with Crippen LogP contribution in [-0.4, -0.2) is 40.4 Å².